The molecule has 2 unspecified atom stereocenters. The predicted octanol–water partition coefficient (Wildman–Crippen LogP) is 2.06. The first-order chi connectivity index (χ1) is 9.88. The minimum atomic E-state index is -0.826. The minimum absolute atomic E-state index is 0.252. The van der Waals surface area contributed by atoms with Crippen molar-refractivity contribution in [2.45, 2.75) is 44.4 Å². The van der Waals surface area contributed by atoms with Crippen molar-refractivity contribution in [3.05, 3.63) is 29.6 Å². The summed E-state index contributed by atoms with van der Waals surface area (Å²) in [4.78, 5) is 13.5. The molecule has 5 heteroatoms. The third-order valence-electron chi connectivity index (χ3n) is 4.42. The van der Waals surface area contributed by atoms with Crippen LogP contribution in [0, 0.1) is 5.82 Å². The van der Waals surface area contributed by atoms with E-state index in [0.717, 1.165) is 0 Å². The first-order valence-electron chi connectivity index (χ1n) is 7.31. The number of fused-ring (bicyclic) bond motifs is 1. The van der Waals surface area contributed by atoms with E-state index in [-0.39, 0.29) is 17.6 Å². The highest BCUT2D eigenvalue weighted by Gasteiger charge is 2.47. The zero-order chi connectivity index (χ0) is 15.2. The average Bonchev–Trinajstić information content (AvgIpc) is 2.41. The summed E-state index contributed by atoms with van der Waals surface area (Å²) < 4.78 is 19.4. The molecule has 0 spiro atoms. The molecule has 1 saturated heterocycles. The summed E-state index contributed by atoms with van der Waals surface area (Å²) in [7, 11) is 0. The van der Waals surface area contributed by atoms with Crippen LogP contribution in [0.5, 0.6) is 5.75 Å². The molecule has 0 aromatic heterocycles. The van der Waals surface area contributed by atoms with Crippen LogP contribution in [-0.2, 0) is 4.79 Å². The van der Waals surface area contributed by atoms with Gasteiger partial charge < -0.3 is 9.84 Å². The molecule has 0 aliphatic carbocycles. The third-order valence-corrected chi connectivity index (χ3v) is 4.42. The molecule has 3 rings (SSSR count). The molecule has 1 fully saturated rings. The average molecular weight is 293 g/mol. The number of likely N-dealkylation sites (tertiary alicyclic amines) is 1. The van der Waals surface area contributed by atoms with Crippen molar-refractivity contribution in [1.29, 1.82) is 0 Å². The number of halogens is 1. The summed E-state index contributed by atoms with van der Waals surface area (Å²) >= 11 is 0. The van der Waals surface area contributed by atoms with E-state index in [1.807, 2.05) is 13.8 Å². The zero-order valence-electron chi connectivity index (χ0n) is 12.3. The fourth-order valence-electron chi connectivity index (χ4n) is 3.43. The van der Waals surface area contributed by atoms with E-state index in [1.165, 1.54) is 12.1 Å². The smallest absolute Gasteiger partial charge is 0.135 e. The molecule has 1 aromatic rings. The van der Waals surface area contributed by atoms with Crippen LogP contribution in [0.15, 0.2) is 18.2 Å². The summed E-state index contributed by atoms with van der Waals surface area (Å²) in [5, 5.41) is 10.7. The SMILES string of the molecule is CC1(C)Oc2ccc(F)cc2C(O)C1N1CCC(=O)CC1. The molecule has 2 atom stereocenters. The Bertz CT molecular complexity index is 563. The van der Waals surface area contributed by atoms with E-state index >= 15 is 0 Å². The van der Waals surface area contributed by atoms with Crippen molar-refractivity contribution in [3.63, 3.8) is 0 Å². The number of rotatable bonds is 1. The number of aliphatic hydroxyl groups is 1. The van der Waals surface area contributed by atoms with E-state index in [2.05, 4.69) is 4.90 Å². The highest BCUT2D eigenvalue weighted by Crippen LogP contribution is 2.42. The second kappa shape index (κ2) is 5.07. The van der Waals surface area contributed by atoms with Gasteiger partial charge in [-0.15, -0.1) is 0 Å². The Morgan fingerprint density at radius 1 is 1.33 bits per heavy atom. The van der Waals surface area contributed by atoms with Crippen molar-refractivity contribution in [2.75, 3.05) is 13.1 Å². The molecular weight excluding hydrogens is 273 g/mol. The molecule has 4 nitrogen and oxygen atoms in total. The molecule has 0 bridgehead atoms. The van der Waals surface area contributed by atoms with Crippen molar-refractivity contribution >= 4 is 5.78 Å². The van der Waals surface area contributed by atoms with Crippen molar-refractivity contribution < 1.29 is 19.0 Å². The quantitative estimate of drug-likeness (QED) is 0.861. The molecule has 1 aromatic carbocycles. The molecule has 2 aliphatic rings. The van der Waals surface area contributed by atoms with Crippen LogP contribution in [0.4, 0.5) is 4.39 Å². The van der Waals surface area contributed by atoms with Crippen molar-refractivity contribution in [2.24, 2.45) is 0 Å². The first-order valence-corrected chi connectivity index (χ1v) is 7.31. The zero-order valence-corrected chi connectivity index (χ0v) is 12.3. The summed E-state index contributed by atoms with van der Waals surface area (Å²) in [6.07, 6.45) is 0.164. The van der Waals surface area contributed by atoms with E-state index in [4.69, 9.17) is 4.74 Å². The second-order valence-electron chi connectivity index (χ2n) is 6.35. The number of Topliss-reactive ketones (excluding diaryl/α,β-unsaturated/α-hetero) is 1. The molecular formula is C16H20FNO3. The third kappa shape index (κ3) is 2.56. The van der Waals surface area contributed by atoms with Gasteiger partial charge in [-0.05, 0) is 32.0 Å². The molecule has 1 N–H and O–H groups in total. The number of carbonyl (C=O) groups is 1. The summed E-state index contributed by atoms with van der Waals surface area (Å²) in [5.41, 5.74) is -0.124. The monoisotopic (exact) mass is 293 g/mol. The van der Waals surface area contributed by atoms with Gasteiger partial charge in [-0.3, -0.25) is 9.69 Å². The topological polar surface area (TPSA) is 49.8 Å². The number of benzene rings is 1. The normalized spacial score (nSPS) is 28.9. The Balaban J connectivity index is 1.94. The Morgan fingerprint density at radius 3 is 2.67 bits per heavy atom. The van der Waals surface area contributed by atoms with Crippen LogP contribution in [0.2, 0.25) is 0 Å². The highest BCUT2D eigenvalue weighted by molar-refractivity contribution is 5.79. The van der Waals surface area contributed by atoms with Gasteiger partial charge in [0.05, 0.1) is 6.04 Å². The first kappa shape index (κ1) is 14.5. The van der Waals surface area contributed by atoms with Gasteiger partial charge >= 0.3 is 0 Å². The molecule has 2 aliphatic heterocycles. The number of hydrogen-bond donors (Lipinski definition) is 1. The lowest BCUT2D eigenvalue weighted by atomic mass is 9.84. The standard InChI is InChI=1S/C16H20FNO3/c1-16(2)15(18-7-5-11(19)6-8-18)14(20)12-9-10(17)3-4-13(12)21-16/h3-4,9,14-15,20H,5-8H2,1-2H3. The van der Waals surface area contributed by atoms with Crippen LogP contribution in [0.3, 0.4) is 0 Å². The van der Waals surface area contributed by atoms with Crippen LogP contribution in [0.25, 0.3) is 0 Å². The van der Waals surface area contributed by atoms with Gasteiger partial charge in [-0.25, -0.2) is 4.39 Å². The number of ketones is 1. The molecule has 0 radical (unpaired) electrons. The molecule has 114 valence electrons. The maximum Gasteiger partial charge on any atom is 0.135 e. The maximum atomic E-state index is 13.5. The number of piperidine rings is 1. The van der Waals surface area contributed by atoms with Gasteiger partial charge in [0, 0.05) is 31.5 Å². The number of hydrogen-bond acceptors (Lipinski definition) is 4. The van der Waals surface area contributed by atoms with Gasteiger partial charge in [0.1, 0.15) is 29.1 Å². The van der Waals surface area contributed by atoms with Gasteiger partial charge in [0.15, 0.2) is 0 Å². The van der Waals surface area contributed by atoms with Crippen molar-refractivity contribution in [1.82, 2.24) is 4.90 Å². The molecule has 21 heavy (non-hydrogen) atoms. The Kier molecular flexibility index (Phi) is 3.50. The van der Waals surface area contributed by atoms with Crippen LogP contribution in [-0.4, -0.2) is 40.5 Å². The van der Waals surface area contributed by atoms with Gasteiger partial charge in [-0.2, -0.15) is 0 Å². The molecule has 0 saturated carbocycles. The Morgan fingerprint density at radius 2 is 2.00 bits per heavy atom. The lowest BCUT2D eigenvalue weighted by Crippen LogP contribution is -2.59. The lowest BCUT2D eigenvalue weighted by Gasteiger charge is -2.49. The van der Waals surface area contributed by atoms with Crippen LogP contribution < -0.4 is 4.74 Å². The summed E-state index contributed by atoms with van der Waals surface area (Å²) in [5.74, 6) is 0.392. The Hall–Kier alpha value is -1.46. The van der Waals surface area contributed by atoms with E-state index in [1.54, 1.807) is 6.07 Å². The summed E-state index contributed by atoms with van der Waals surface area (Å²) in [6.45, 7) is 5.06. The van der Waals surface area contributed by atoms with Gasteiger partial charge in [0.25, 0.3) is 0 Å². The molecule has 0 amide bonds. The number of ether oxygens (including phenoxy) is 1. The lowest BCUT2D eigenvalue weighted by molar-refractivity contribution is -0.127. The van der Waals surface area contributed by atoms with E-state index in [9.17, 15) is 14.3 Å². The highest BCUT2D eigenvalue weighted by atomic mass is 19.1. The summed E-state index contributed by atoms with van der Waals surface area (Å²) in [6, 6.07) is 3.93. The van der Waals surface area contributed by atoms with Crippen LogP contribution in [0.1, 0.15) is 38.4 Å². The number of aliphatic hydroxyl groups excluding tert-OH is 1. The fraction of sp³-hybridized carbons (Fsp3) is 0.562. The largest absolute Gasteiger partial charge is 0.486 e. The van der Waals surface area contributed by atoms with E-state index in [0.29, 0.717) is 37.2 Å². The van der Waals surface area contributed by atoms with E-state index < -0.39 is 11.7 Å². The second-order valence-corrected chi connectivity index (χ2v) is 6.35. The van der Waals surface area contributed by atoms with Crippen molar-refractivity contribution in [3.8, 4) is 5.75 Å². The minimum Gasteiger partial charge on any atom is -0.486 e. The van der Waals surface area contributed by atoms with Gasteiger partial charge in [0.2, 0.25) is 0 Å². The maximum absolute atomic E-state index is 13.5. The number of carbonyl (C=O) groups excluding carboxylic acids is 1. The fourth-order valence-corrected chi connectivity index (χ4v) is 3.43. The van der Waals surface area contributed by atoms with Crippen LogP contribution >= 0.6 is 0 Å². The Labute approximate surface area is 123 Å². The number of nitrogens with zero attached hydrogens (tertiary/aromatic N) is 1. The molecule has 2 heterocycles. The predicted molar refractivity (Wildman–Crippen MR) is 75.7 cm³/mol. The van der Waals surface area contributed by atoms with Gasteiger partial charge in [-0.1, -0.05) is 0 Å².